The number of aliphatic hydroxyl groups is 1. The number of nitrogens with one attached hydrogen (secondary N) is 2. The molecule has 4 atom stereocenters. The summed E-state index contributed by atoms with van der Waals surface area (Å²) in [5, 5.41) is 17.6. The summed E-state index contributed by atoms with van der Waals surface area (Å²) in [6.07, 6.45) is 6.25. The Hall–Kier alpha value is -4.18. The molecule has 10 heteroatoms. The van der Waals surface area contributed by atoms with E-state index < -0.39 is 35.8 Å². The number of imidazole rings is 1. The fourth-order valence-corrected chi connectivity index (χ4v) is 6.10. The van der Waals surface area contributed by atoms with Crippen molar-refractivity contribution in [3.05, 3.63) is 90.5 Å². The van der Waals surface area contributed by atoms with Crippen LogP contribution in [-0.2, 0) is 27.2 Å². The number of hydrogen-bond donors (Lipinski definition) is 3. The summed E-state index contributed by atoms with van der Waals surface area (Å²) < 4.78 is 7.60. The first-order valence-electron chi connectivity index (χ1n) is 16.7. The number of rotatable bonds is 13. The lowest BCUT2D eigenvalue weighted by Gasteiger charge is -2.36. The number of piperidine rings is 1. The summed E-state index contributed by atoms with van der Waals surface area (Å²) in [7, 11) is 0. The largest absolute Gasteiger partial charge is 0.444 e. The van der Waals surface area contributed by atoms with Gasteiger partial charge in [0, 0.05) is 37.4 Å². The maximum atomic E-state index is 14.1. The van der Waals surface area contributed by atoms with Crippen molar-refractivity contribution in [2.45, 2.75) is 96.6 Å². The van der Waals surface area contributed by atoms with Crippen LogP contribution in [0.25, 0.3) is 0 Å². The van der Waals surface area contributed by atoms with E-state index in [1.807, 2.05) is 91.9 Å². The van der Waals surface area contributed by atoms with Gasteiger partial charge in [-0.3, -0.25) is 9.59 Å². The molecule has 1 saturated heterocycles. The number of likely N-dealkylation sites (tertiary alicyclic amines) is 1. The third-order valence-corrected chi connectivity index (χ3v) is 8.64. The zero-order valence-corrected chi connectivity index (χ0v) is 28.3. The highest BCUT2D eigenvalue weighted by atomic mass is 16.6. The quantitative estimate of drug-likeness (QED) is 0.242. The Kier molecular flexibility index (Phi) is 12.6. The van der Waals surface area contributed by atoms with Gasteiger partial charge in [-0.05, 0) is 69.9 Å². The van der Waals surface area contributed by atoms with Crippen molar-refractivity contribution in [3.63, 3.8) is 0 Å². The minimum atomic E-state index is -1.07. The summed E-state index contributed by atoms with van der Waals surface area (Å²) in [5.74, 6) is -1.19. The van der Waals surface area contributed by atoms with Crippen LogP contribution in [0, 0.1) is 11.8 Å². The Labute approximate surface area is 278 Å². The van der Waals surface area contributed by atoms with Crippen LogP contribution in [0.1, 0.15) is 71.0 Å². The molecular formula is C37H51N5O5. The van der Waals surface area contributed by atoms with E-state index in [9.17, 15) is 19.5 Å². The standard InChI is InChI=1S/C37H51N5O5/c1-26(2)33(35(45)41-19-16-30(17-20-41)42-21-18-38-25-42)40-34(44)29(22-27-12-8-6-9-13-27)24-32(43)31(23-28-14-10-7-11-15-28)39-36(46)47-37(3,4)5/h6-15,18,21,25-26,29-33,43H,16-17,19-20,22-24H2,1-5H3,(H,39,46)(H,40,44)/t29?,31?,32?,33-/m0/s1. The van der Waals surface area contributed by atoms with Crippen molar-refractivity contribution >= 4 is 17.9 Å². The zero-order valence-electron chi connectivity index (χ0n) is 28.3. The summed E-state index contributed by atoms with van der Waals surface area (Å²) in [6.45, 7) is 10.4. The molecule has 1 fully saturated rings. The van der Waals surface area contributed by atoms with E-state index in [4.69, 9.17) is 4.74 Å². The molecule has 2 heterocycles. The maximum absolute atomic E-state index is 14.1. The number of aromatic nitrogens is 2. The number of carbonyl (C=O) groups excluding carboxylic acids is 3. The summed E-state index contributed by atoms with van der Waals surface area (Å²) in [5.41, 5.74) is 1.15. The van der Waals surface area contributed by atoms with E-state index in [1.54, 1.807) is 27.0 Å². The number of ether oxygens (including phenoxy) is 1. The van der Waals surface area contributed by atoms with E-state index in [2.05, 4.69) is 20.2 Å². The molecule has 1 aliphatic rings. The lowest BCUT2D eigenvalue weighted by molar-refractivity contribution is -0.140. The van der Waals surface area contributed by atoms with Crippen molar-refractivity contribution in [3.8, 4) is 0 Å². The third-order valence-electron chi connectivity index (χ3n) is 8.64. The lowest BCUT2D eigenvalue weighted by Crippen LogP contribution is -2.54. The SMILES string of the molecule is CC(C)[C@H](NC(=O)C(Cc1ccccc1)CC(O)C(Cc1ccccc1)NC(=O)OC(C)(C)C)C(=O)N1CCC(n2ccnc2)CC1. The number of hydrogen-bond acceptors (Lipinski definition) is 6. The molecule has 10 nitrogen and oxygen atoms in total. The average Bonchev–Trinajstić information content (AvgIpc) is 3.58. The molecule has 254 valence electrons. The lowest BCUT2D eigenvalue weighted by atomic mass is 9.88. The Bertz CT molecular complexity index is 1400. The van der Waals surface area contributed by atoms with Gasteiger partial charge in [0.15, 0.2) is 0 Å². The topological polar surface area (TPSA) is 126 Å². The molecule has 47 heavy (non-hydrogen) atoms. The minimum absolute atomic E-state index is 0.0727. The normalized spacial score (nSPS) is 16.6. The summed E-state index contributed by atoms with van der Waals surface area (Å²) >= 11 is 0. The van der Waals surface area contributed by atoms with Gasteiger partial charge >= 0.3 is 6.09 Å². The number of aliphatic hydroxyl groups excluding tert-OH is 1. The van der Waals surface area contributed by atoms with E-state index >= 15 is 0 Å². The molecule has 0 saturated carbocycles. The number of benzene rings is 2. The minimum Gasteiger partial charge on any atom is -0.444 e. The first-order chi connectivity index (χ1) is 22.4. The highest BCUT2D eigenvalue weighted by Gasteiger charge is 2.35. The van der Waals surface area contributed by atoms with Crippen molar-refractivity contribution in [2.24, 2.45) is 11.8 Å². The van der Waals surface area contributed by atoms with Crippen LogP contribution in [0.2, 0.25) is 0 Å². The second-order valence-corrected chi connectivity index (χ2v) is 13.9. The fourth-order valence-electron chi connectivity index (χ4n) is 6.10. The molecule has 0 spiro atoms. The Morgan fingerprint density at radius 1 is 0.936 bits per heavy atom. The molecule has 1 aliphatic heterocycles. The third kappa shape index (κ3) is 10.9. The van der Waals surface area contributed by atoms with Gasteiger partial charge < -0.3 is 29.9 Å². The Morgan fingerprint density at radius 3 is 2.06 bits per heavy atom. The maximum Gasteiger partial charge on any atom is 0.407 e. The van der Waals surface area contributed by atoms with E-state index in [-0.39, 0.29) is 24.2 Å². The van der Waals surface area contributed by atoms with Crippen molar-refractivity contribution in [1.82, 2.24) is 25.1 Å². The highest BCUT2D eigenvalue weighted by molar-refractivity contribution is 5.89. The molecule has 3 amide bonds. The molecule has 4 rings (SSSR count). The summed E-state index contributed by atoms with van der Waals surface area (Å²) in [6, 6.07) is 18.1. The first kappa shape index (κ1) is 35.7. The second-order valence-electron chi connectivity index (χ2n) is 13.9. The number of nitrogens with zero attached hydrogens (tertiary/aromatic N) is 3. The second kappa shape index (κ2) is 16.6. The van der Waals surface area contributed by atoms with Crippen LogP contribution >= 0.6 is 0 Å². The number of carbonyl (C=O) groups is 3. The van der Waals surface area contributed by atoms with Crippen molar-refractivity contribution in [2.75, 3.05) is 13.1 Å². The number of alkyl carbamates (subject to hydrolysis) is 1. The zero-order chi connectivity index (χ0) is 34.0. The first-order valence-corrected chi connectivity index (χ1v) is 16.7. The molecule has 0 bridgehead atoms. The van der Waals surface area contributed by atoms with E-state index in [0.29, 0.717) is 32.0 Å². The van der Waals surface area contributed by atoms with Gasteiger partial charge in [0.05, 0.1) is 18.5 Å². The van der Waals surface area contributed by atoms with Crippen molar-refractivity contribution in [1.29, 1.82) is 0 Å². The molecule has 3 N–H and O–H groups in total. The van der Waals surface area contributed by atoms with Crippen LogP contribution < -0.4 is 10.6 Å². The van der Waals surface area contributed by atoms with E-state index in [0.717, 1.165) is 24.0 Å². The predicted molar refractivity (Wildman–Crippen MR) is 181 cm³/mol. The van der Waals surface area contributed by atoms with Crippen LogP contribution in [0.3, 0.4) is 0 Å². The summed E-state index contributed by atoms with van der Waals surface area (Å²) in [4.78, 5) is 46.7. The van der Waals surface area contributed by atoms with Crippen LogP contribution in [0.4, 0.5) is 4.79 Å². The molecule has 3 unspecified atom stereocenters. The number of amides is 3. The molecule has 0 aliphatic carbocycles. The van der Waals surface area contributed by atoms with Crippen LogP contribution in [0.5, 0.6) is 0 Å². The fraction of sp³-hybridized carbons (Fsp3) is 0.514. The van der Waals surface area contributed by atoms with Gasteiger partial charge in [-0.25, -0.2) is 9.78 Å². The molecular weight excluding hydrogens is 594 g/mol. The van der Waals surface area contributed by atoms with Gasteiger partial charge in [0.1, 0.15) is 11.6 Å². The molecule has 3 aromatic rings. The molecule has 2 aromatic carbocycles. The Morgan fingerprint density at radius 2 is 1.53 bits per heavy atom. The molecule has 0 radical (unpaired) electrons. The molecule has 1 aromatic heterocycles. The van der Waals surface area contributed by atoms with Gasteiger partial charge in [-0.15, -0.1) is 0 Å². The highest BCUT2D eigenvalue weighted by Crippen LogP contribution is 2.24. The monoisotopic (exact) mass is 645 g/mol. The van der Waals surface area contributed by atoms with Gasteiger partial charge in [0.2, 0.25) is 11.8 Å². The Balaban J connectivity index is 1.50. The van der Waals surface area contributed by atoms with Gasteiger partial charge in [0.25, 0.3) is 0 Å². The predicted octanol–water partition coefficient (Wildman–Crippen LogP) is 4.93. The van der Waals surface area contributed by atoms with Crippen LogP contribution in [0.15, 0.2) is 79.4 Å². The van der Waals surface area contributed by atoms with Gasteiger partial charge in [-0.1, -0.05) is 74.5 Å². The average molecular weight is 646 g/mol. The van der Waals surface area contributed by atoms with Gasteiger partial charge in [-0.2, -0.15) is 0 Å². The van der Waals surface area contributed by atoms with Crippen molar-refractivity contribution < 1.29 is 24.2 Å². The smallest absolute Gasteiger partial charge is 0.407 e. The van der Waals surface area contributed by atoms with E-state index in [1.165, 1.54) is 0 Å². The van der Waals surface area contributed by atoms with Crippen LogP contribution in [-0.4, -0.2) is 74.3 Å².